The molecular formula is C18H16Cl2O2. The second-order valence-corrected chi connectivity index (χ2v) is 7.04. The van der Waals surface area contributed by atoms with Gasteiger partial charge in [0.1, 0.15) is 11.2 Å². The van der Waals surface area contributed by atoms with Gasteiger partial charge in [-0.1, -0.05) is 47.5 Å². The molecule has 5 rings (SSSR count). The van der Waals surface area contributed by atoms with E-state index < -0.39 is 0 Å². The molecule has 0 atom stereocenters. The van der Waals surface area contributed by atoms with Crippen molar-refractivity contribution in [3.63, 3.8) is 0 Å². The summed E-state index contributed by atoms with van der Waals surface area (Å²) in [5.41, 5.74) is 1.61. The van der Waals surface area contributed by atoms with E-state index >= 15 is 0 Å². The first kappa shape index (κ1) is 14.5. The van der Waals surface area contributed by atoms with Crippen LogP contribution >= 0.6 is 23.2 Å². The summed E-state index contributed by atoms with van der Waals surface area (Å²) in [6, 6.07) is 15.8. The lowest BCUT2D eigenvalue weighted by molar-refractivity contribution is -0.479. The first-order chi connectivity index (χ1) is 10.6. The van der Waals surface area contributed by atoms with Crippen molar-refractivity contribution in [1.82, 2.24) is 0 Å². The van der Waals surface area contributed by atoms with Crippen LogP contribution in [-0.4, -0.2) is 0 Å². The fraction of sp³-hybridized carbons (Fsp3) is 0.333. The van der Waals surface area contributed by atoms with Gasteiger partial charge in [0.05, 0.1) is 0 Å². The summed E-state index contributed by atoms with van der Waals surface area (Å²) in [5, 5.41) is 1.48. The number of hydrogen-bond acceptors (Lipinski definition) is 2. The molecule has 0 amide bonds. The Morgan fingerprint density at radius 1 is 0.591 bits per heavy atom. The van der Waals surface area contributed by atoms with Gasteiger partial charge >= 0.3 is 0 Å². The Hall–Kier alpha value is -1.06. The average Bonchev–Trinajstić information content (AvgIpc) is 2.57. The van der Waals surface area contributed by atoms with Gasteiger partial charge < -0.3 is 0 Å². The molecule has 2 nitrogen and oxygen atoms in total. The Labute approximate surface area is 139 Å². The van der Waals surface area contributed by atoms with Crippen molar-refractivity contribution in [1.29, 1.82) is 0 Å². The van der Waals surface area contributed by atoms with E-state index in [1.54, 1.807) is 0 Å². The summed E-state index contributed by atoms with van der Waals surface area (Å²) < 4.78 is 0. The van der Waals surface area contributed by atoms with Crippen molar-refractivity contribution >= 4 is 23.2 Å². The number of fused-ring (bicyclic) bond motifs is 3. The summed E-state index contributed by atoms with van der Waals surface area (Å²) >= 11 is 12.0. The fourth-order valence-electron chi connectivity index (χ4n) is 3.56. The maximum atomic E-state index is 5.98. The zero-order valence-electron chi connectivity index (χ0n) is 12.0. The molecule has 2 aliphatic heterocycles. The number of halogens is 2. The smallest absolute Gasteiger partial charge is 0.129 e. The molecule has 0 unspecified atom stereocenters. The summed E-state index contributed by atoms with van der Waals surface area (Å²) in [5.74, 6) is 0. The van der Waals surface area contributed by atoms with Crippen LogP contribution in [-0.2, 0) is 21.0 Å². The van der Waals surface area contributed by atoms with Gasteiger partial charge in [0.25, 0.3) is 0 Å². The SMILES string of the molecule is Clc1ccc(C23CCC(c4ccc(Cl)cc4)(CC2)OO3)cc1. The molecule has 2 aromatic carbocycles. The zero-order chi connectivity index (χ0) is 15.2. The molecule has 0 spiro atoms. The lowest BCUT2D eigenvalue weighted by Crippen LogP contribution is -2.50. The van der Waals surface area contributed by atoms with Crippen LogP contribution in [0.15, 0.2) is 48.5 Å². The second-order valence-electron chi connectivity index (χ2n) is 6.17. The molecule has 0 aromatic heterocycles. The highest BCUT2D eigenvalue weighted by molar-refractivity contribution is 6.30. The lowest BCUT2D eigenvalue weighted by atomic mass is 9.69. The van der Waals surface area contributed by atoms with Crippen molar-refractivity contribution in [2.75, 3.05) is 0 Å². The van der Waals surface area contributed by atoms with Crippen LogP contribution in [0.5, 0.6) is 0 Å². The lowest BCUT2D eigenvalue weighted by Gasteiger charge is -2.51. The molecule has 2 saturated heterocycles. The number of benzene rings is 2. The quantitative estimate of drug-likeness (QED) is 0.663. The highest BCUT2D eigenvalue weighted by Crippen LogP contribution is 2.55. The average molecular weight is 335 g/mol. The van der Waals surface area contributed by atoms with Crippen LogP contribution in [0.4, 0.5) is 0 Å². The van der Waals surface area contributed by atoms with Crippen LogP contribution in [0.3, 0.4) is 0 Å². The van der Waals surface area contributed by atoms with Gasteiger partial charge in [0.2, 0.25) is 0 Å². The van der Waals surface area contributed by atoms with Crippen molar-refractivity contribution in [3.05, 3.63) is 69.7 Å². The Kier molecular flexibility index (Phi) is 3.46. The van der Waals surface area contributed by atoms with E-state index in [1.807, 2.05) is 48.5 Å². The molecule has 0 radical (unpaired) electrons. The number of rotatable bonds is 2. The van der Waals surface area contributed by atoms with Gasteiger partial charge in [0, 0.05) is 10.0 Å². The maximum Gasteiger partial charge on any atom is 0.129 e. The van der Waals surface area contributed by atoms with Crippen LogP contribution in [0.2, 0.25) is 10.0 Å². The Morgan fingerprint density at radius 2 is 0.909 bits per heavy atom. The predicted molar refractivity (Wildman–Crippen MR) is 86.9 cm³/mol. The third kappa shape index (κ3) is 2.26. The number of hydrogen-bond donors (Lipinski definition) is 0. The third-order valence-corrected chi connectivity index (χ3v) is 5.47. The second kappa shape index (κ2) is 5.24. The summed E-state index contributed by atoms with van der Waals surface area (Å²) in [4.78, 5) is 11.8. The van der Waals surface area contributed by atoms with Gasteiger partial charge in [-0.05, 0) is 61.1 Å². The van der Waals surface area contributed by atoms with Gasteiger partial charge in [-0.25, -0.2) is 9.78 Å². The first-order valence-electron chi connectivity index (χ1n) is 7.51. The van der Waals surface area contributed by atoms with E-state index in [1.165, 1.54) is 0 Å². The van der Waals surface area contributed by atoms with Gasteiger partial charge in [-0.3, -0.25) is 0 Å². The first-order valence-corrected chi connectivity index (χ1v) is 8.27. The van der Waals surface area contributed by atoms with Gasteiger partial charge in [-0.15, -0.1) is 0 Å². The summed E-state index contributed by atoms with van der Waals surface area (Å²) in [7, 11) is 0. The molecule has 0 N–H and O–H groups in total. The normalized spacial score (nSPS) is 30.5. The van der Waals surface area contributed by atoms with Gasteiger partial charge in [0.15, 0.2) is 0 Å². The van der Waals surface area contributed by atoms with Crippen molar-refractivity contribution < 1.29 is 9.78 Å². The molecule has 1 aliphatic carbocycles. The van der Waals surface area contributed by atoms with Crippen LogP contribution in [0.1, 0.15) is 36.8 Å². The zero-order valence-corrected chi connectivity index (χ0v) is 13.5. The molecule has 2 aromatic rings. The highest BCUT2D eigenvalue weighted by atomic mass is 35.5. The molecule has 4 heteroatoms. The Balaban J connectivity index is 1.61. The summed E-state index contributed by atoms with van der Waals surface area (Å²) in [6.07, 6.45) is 3.77. The monoisotopic (exact) mass is 334 g/mol. The Bertz CT molecular complexity index is 593. The predicted octanol–water partition coefficient (Wildman–Crippen LogP) is 5.62. The van der Waals surface area contributed by atoms with E-state index in [-0.39, 0.29) is 11.2 Å². The van der Waals surface area contributed by atoms with Crippen molar-refractivity contribution in [2.24, 2.45) is 0 Å². The van der Waals surface area contributed by atoms with E-state index in [9.17, 15) is 0 Å². The van der Waals surface area contributed by atoms with Crippen LogP contribution in [0.25, 0.3) is 0 Å². The molecule has 1 saturated carbocycles. The van der Waals surface area contributed by atoms with Crippen LogP contribution < -0.4 is 0 Å². The maximum absolute atomic E-state index is 5.98. The summed E-state index contributed by atoms with van der Waals surface area (Å²) in [6.45, 7) is 0. The largest absolute Gasteiger partial charge is 0.224 e. The third-order valence-electron chi connectivity index (χ3n) is 4.97. The van der Waals surface area contributed by atoms with Crippen molar-refractivity contribution in [3.8, 4) is 0 Å². The molecule has 22 heavy (non-hydrogen) atoms. The van der Waals surface area contributed by atoms with Gasteiger partial charge in [-0.2, -0.15) is 0 Å². The minimum absolute atomic E-state index is 0.335. The molecular weight excluding hydrogens is 319 g/mol. The minimum atomic E-state index is -0.335. The fourth-order valence-corrected chi connectivity index (χ4v) is 3.82. The van der Waals surface area contributed by atoms with E-state index in [0.717, 1.165) is 46.9 Å². The van der Waals surface area contributed by atoms with Crippen molar-refractivity contribution in [2.45, 2.75) is 36.9 Å². The highest BCUT2D eigenvalue weighted by Gasteiger charge is 2.53. The van der Waals surface area contributed by atoms with E-state index in [2.05, 4.69) is 0 Å². The molecule has 2 heterocycles. The standard InChI is InChI=1S/C18H16Cl2O2/c19-15-5-1-13(2-6-15)17-9-11-18(12-10-17,22-21-17)14-3-7-16(20)8-4-14/h1-8H,9-12H2. The van der Waals surface area contributed by atoms with Crippen LogP contribution in [0, 0.1) is 0 Å². The Morgan fingerprint density at radius 3 is 1.18 bits per heavy atom. The molecule has 2 bridgehead atoms. The topological polar surface area (TPSA) is 18.5 Å². The molecule has 114 valence electrons. The minimum Gasteiger partial charge on any atom is -0.224 e. The van der Waals surface area contributed by atoms with E-state index in [4.69, 9.17) is 33.0 Å². The van der Waals surface area contributed by atoms with E-state index in [0.29, 0.717) is 0 Å². The molecule has 3 fully saturated rings. The molecule has 3 aliphatic rings.